The molecule has 1 aliphatic carbocycles. The maximum absolute atomic E-state index is 8.81. The summed E-state index contributed by atoms with van der Waals surface area (Å²) in [5.41, 5.74) is 1.80. The van der Waals surface area contributed by atoms with Crippen molar-refractivity contribution in [2.45, 2.75) is 41.0 Å². The van der Waals surface area contributed by atoms with Gasteiger partial charge in [-0.2, -0.15) is 5.26 Å². The van der Waals surface area contributed by atoms with E-state index in [-0.39, 0.29) is 16.7 Å². The average Bonchev–Trinajstić information content (AvgIpc) is 2.60. The molecule has 13 heavy (non-hydrogen) atoms. The van der Waals surface area contributed by atoms with Crippen molar-refractivity contribution in [2.75, 3.05) is 0 Å². The van der Waals surface area contributed by atoms with E-state index in [2.05, 4.69) is 46.8 Å². The summed E-state index contributed by atoms with van der Waals surface area (Å²) in [6.45, 7) is 10.9. The first-order valence-electron chi connectivity index (χ1n) is 4.89. The number of rotatable bonds is 1. The maximum atomic E-state index is 8.81. The van der Waals surface area contributed by atoms with Crippen molar-refractivity contribution in [3.63, 3.8) is 0 Å². The van der Waals surface area contributed by atoms with Crippen LogP contribution in [0.2, 0.25) is 0 Å². The van der Waals surface area contributed by atoms with Crippen molar-refractivity contribution in [1.82, 2.24) is 0 Å². The third kappa shape index (κ3) is 2.12. The fourth-order valence-corrected chi connectivity index (χ4v) is 1.80. The molecule has 72 valence electrons. The summed E-state index contributed by atoms with van der Waals surface area (Å²) >= 11 is 0. The molecule has 0 aromatic carbocycles. The van der Waals surface area contributed by atoms with Gasteiger partial charge in [0.25, 0.3) is 0 Å². The zero-order valence-electron chi connectivity index (χ0n) is 9.31. The molecule has 1 saturated carbocycles. The molecule has 0 amide bonds. The molecule has 0 bridgehead atoms. The standard InChI is InChI=1S/C12H19N/c1-9(6-11(2,3)4)12(5)7-10(12)8-13/h6,10H,7H2,1-5H3. The molecule has 0 aromatic heterocycles. The molecule has 1 nitrogen and oxygen atoms in total. The van der Waals surface area contributed by atoms with Gasteiger partial charge in [0.05, 0.1) is 12.0 Å². The van der Waals surface area contributed by atoms with E-state index in [1.54, 1.807) is 0 Å². The number of nitriles is 1. The van der Waals surface area contributed by atoms with Crippen LogP contribution in [0.1, 0.15) is 41.0 Å². The summed E-state index contributed by atoms with van der Waals surface area (Å²) in [6.07, 6.45) is 3.34. The van der Waals surface area contributed by atoms with E-state index in [0.717, 1.165) is 6.42 Å². The topological polar surface area (TPSA) is 23.8 Å². The Kier molecular flexibility index (Phi) is 2.28. The van der Waals surface area contributed by atoms with Crippen molar-refractivity contribution in [2.24, 2.45) is 16.7 Å². The highest BCUT2D eigenvalue weighted by Crippen LogP contribution is 2.57. The summed E-state index contributed by atoms with van der Waals surface area (Å²) in [4.78, 5) is 0. The van der Waals surface area contributed by atoms with Crippen molar-refractivity contribution in [1.29, 1.82) is 5.26 Å². The smallest absolute Gasteiger partial charge is 0.0665 e. The minimum absolute atomic E-state index is 0.183. The summed E-state index contributed by atoms with van der Waals surface area (Å²) in [5.74, 6) is 0.256. The van der Waals surface area contributed by atoms with Gasteiger partial charge in [0.1, 0.15) is 0 Å². The molecule has 0 aromatic rings. The van der Waals surface area contributed by atoms with E-state index in [0.29, 0.717) is 0 Å². The monoisotopic (exact) mass is 177 g/mol. The van der Waals surface area contributed by atoms with Gasteiger partial charge >= 0.3 is 0 Å². The summed E-state index contributed by atoms with van der Waals surface area (Å²) in [7, 11) is 0. The Labute approximate surface area is 81.5 Å². The first kappa shape index (κ1) is 10.3. The van der Waals surface area contributed by atoms with Crippen LogP contribution in [0.5, 0.6) is 0 Å². The highest BCUT2D eigenvalue weighted by atomic mass is 14.5. The van der Waals surface area contributed by atoms with E-state index in [1.807, 2.05) is 0 Å². The van der Waals surface area contributed by atoms with E-state index >= 15 is 0 Å². The second kappa shape index (κ2) is 2.87. The Morgan fingerprint density at radius 3 is 2.38 bits per heavy atom. The lowest BCUT2D eigenvalue weighted by molar-refractivity contribution is 0.521. The molecule has 2 atom stereocenters. The second-order valence-corrected chi connectivity index (χ2v) is 5.50. The first-order chi connectivity index (χ1) is 5.79. The Hall–Kier alpha value is -0.770. The van der Waals surface area contributed by atoms with E-state index in [1.165, 1.54) is 5.57 Å². The lowest BCUT2D eigenvalue weighted by Crippen LogP contribution is -2.06. The van der Waals surface area contributed by atoms with Gasteiger partial charge in [0.15, 0.2) is 0 Å². The summed E-state index contributed by atoms with van der Waals surface area (Å²) in [5, 5.41) is 8.81. The molecule has 0 saturated heterocycles. The predicted octanol–water partition coefficient (Wildman–Crippen LogP) is 3.53. The molecule has 1 aliphatic rings. The summed E-state index contributed by atoms with van der Waals surface area (Å²) in [6, 6.07) is 2.36. The molecular formula is C12H19N. The second-order valence-electron chi connectivity index (χ2n) is 5.50. The minimum Gasteiger partial charge on any atom is -0.198 e. The van der Waals surface area contributed by atoms with Crippen LogP contribution < -0.4 is 0 Å². The van der Waals surface area contributed by atoms with Crippen LogP contribution in [0.3, 0.4) is 0 Å². The van der Waals surface area contributed by atoms with Crippen LogP contribution in [0.15, 0.2) is 11.6 Å². The quantitative estimate of drug-likeness (QED) is 0.562. The van der Waals surface area contributed by atoms with E-state index < -0.39 is 0 Å². The van der Waals surface area contributed by atoms with Crippen LogP contribution in [0.4, 0.5) is 0 Å². The Morgan fingerprint density at radius 2 is 2.08 bits per heavy atom. The highest BCUT2D eigenvalue weighted by molar-refractivity contribution is 5.28. The van der Waals surface area contributed by atoms with Gasteiger partial charge in [-0.15, -0.1) is 0 Å². The minimum atomic E-state index is 0.183. The average molecular weight is 177 g/mol. The third-order valence-corrected chi connectivity index (χ3v) is 2.94. The fraction of sp³-hybridized carbons (Fsp3) is 0.750. The normalized spacial score (nSPS) is 34.2. The molecule has 1 fully saturated rings. The molecule has 0 aliphatic heterocycles. The number of hydrogen-bond acceptors (Lipinski definition) is 1. The molecular weight excluding hydrogens is 158 g/mol. The SMILES string of the molecule is CC(=CC(C)(C)C)C1(C)CC1C#N. The lowest BCUT2D eigenvalue weighted by Gasteiger charge is -2.18. The zero-order chi connectivity index (χ0) is 10.3. The van der Waals surface area contributed by atoms with E-state index in [4.69, 9.17) is 5.26 Å². The third-order valence-electron chi connectivity index (χ3n) is 2.94. The number of hydrogen-bond donors (Lipinski definition) is 0. The highest BCUT2D eigenvalue weighted by Gasteiger charge is 2.51. The Morgan fingerprint density at radius 1 is 1.54 bits per heavy atom. The van der Waals surface area contributed by atoms with Crippen molar-refractivity contribution >= 4 is 0 Å². The van der Waals surface area contributed by atoms with Crippen LogP contribution >= 0.6 is 0 Å². The van der Waals surface area contributed by atoms with E-state index in [9.17, 15) is 0 Å². The summed E-state index contributed by atoms with van der Waals surface area (Å²) < 4.78 is 0. The van der Waals surface area contributed by atoms with Crippen molar-refractivity contribution in [3.05, 3.63) is 11.6 Å². The molecule has 0 heterocycles. The molecule has 1 heteroatoms. The molecule has 1 rings (SSSR count). The van der Waals surface area contributed by atoms with Crippen LogP contribution in [0, 0.1) is 28.1 Å². The van der Waals surface area contributed by atoms with Gasteiger partial charge in [0.2, 0.25) is 0 Å². The Balaban J connectivity index is 2.77. The first-order valence-corrected chi connectivity index (χ1v) is 4.89. The maximum Gasteiger partial charge on any atom is 0.0665 e. The number of nitrogens with zero attached hydrogens (tertiary/aromatic N) is 1. The molecule has 0 radical (unpaired) electrons. The van der Waals surface area contributed by atoms with Crippen LogP contribution in [0.25, 0.3) is 0 Å². The van der Waals surface area contributed by atoms with Crippen LogP contribution in [-0.2, 0) is 0 Å². The predicted molar refractivity (Wildman–Crippen MR) is 55.0 cm³/mol. The van der Waals surface area contributed by atoms with Crippen molar-refractivity contribution < 1.29 is 0 Å². The van der Waals surface area contributed by atoms with Gasteiger partial charge in [-0.3, -0.25) is 0 Å². The van der Waals surface area contributed by atoms with Crippen molar-refractivity contribution in [3.8, 4) is 6.07 Å². The Bertz CT molecular complexity index is 274. The van der Waals surface area contributed by atoms with Gasteiger partial charge in [0, 0.05) is 5.41 Å². The molecule has 0 N–H and O–H groups in total. The van der Waals surface area contributed by atoms with Crippen LogP contribution in [-0.4, -0.2) is 0 Å². The zero-order valence-corrected chi connectivity index (χ0v) is 9.31. The fourth-order valence-electron chi connectivity index (χ4n) is 1.80. The number of allylic oxidation sites excluding steroid dienone is 2. The molecule has 2 unspecified atom stereocenters. The van der Waals surface area contributed by atoms with Gasteiger partial charge in [-0.1, -0.05) is 39.3 Å². The lowest BCUT2D eigenvalue weighted by atomic mass is 9.87. The van der Waals surface area contributed by atoms with Gasteiger partial charge in [-0.25, -0.2) is 0 Å². The largest absolute Gasteiger partial charge is 0.198 e. The van der Waals surface area contributed by atoms with Gasteiger partial charge < -0.3 is 0 Å². The van der Waals surface area contributed by atoms with Gasteiger partial charge in [-0.05, 0) is 18.8 Å². The molecule has 0 spiro atoms.